The first kappa shape index (κ1) is 23.9. The molecule has 2 rings (SSSR count). The Bertz CT molecular complexity index is 775. The molecule has 0 spiro atoms. The maximum absolute atomic E-state index is 4.74. The van der Waals surface area contributed by atoms with Crippen LogP contribution in [0.3, 0.4) is 0 Å². The van der Waals surface area contributed by atoms with Crippen molar-refractivity contribution in [3.05, 3.63) is 41.3 Å². The van der Waals surface area contributed by atoms with Crippen LogP contribution in [0, 0.1) is 13.8 Å². The highest BCUT2D eigenvalue weighted by Gasteiger charge is 2.08. The highest BCUT2D eigenvalue weighted by atomic mass is 15.3. The van der Waals surface area contributed by atoms with Gasteiger partial charge < -0.3 is 15.5 Å². The van der Waals surface area contributed by atoms with Crippen LogP contribution in [0.15, 0.2) is 29.4 Å². The highest BCUT2D eigenvalue weighted by Crippen LogP contribution is 2.11. The molecule has 2 N–H and O–H groups in total. The molecule has 0 amide bonds. The Morgan fingerprint density at radius 1 is 1.20 bits per heavy atom. The summed E-state index contributed by atoms with van der Waals surface area (Å²) in [6.45, 7) is 17.6. The summed E-state index contributed by atoms with van der Waals surface area (Å²) < 4.78 is 1.87. The van der Waals surface area contributed by atoms with Crippen LogP contribution in [0.2, 0.25) is 0 Å². The van der Waals surface area contributed by atoms with Gasteiger partial charge in [0, 0.05) is 24.5 Å². The second-order valence-corrected chi connectivity index (χ2v) is 7.77. The zero-order valence-electron chi connectivity index (χ0n) is 19.6. The summed E-state index contributed by atoms with van der Waals surface area (Å²) in [6.07, 6.45) is 4.19. The number of hydrogen-bond acceptors (Lipinski definition) is 4. The van der Waals surface area contributed by atoms with E-state index in [0.29, 0.717) is 12.6 Å². The third kappa shape index (κ3) is 7.44. The highest BCUT2D eigenvalue weighted by molar-refractivity contribution is 5.80. The van der Waals surface area contributed by atoms with E-state index in [-0.39, 0.29) is 0 Å². The number of hydrogen-bond donors (Lipinski definition) is 2. The molecule has 2 aromatic rings. The molecule has 0 saturated carbocycles. The van der Waals surface area contributed by atoms with Gasteiger partial charge in [-0.25, -0.2) is 14.7 Å². The largest absolute Gasteiger partial charge is 0.357 e. The van der Waals surface area contributed by atoms with Crippen LogP contribution in [0.5, 0.6) is 0 Å². The second-order valence-electron chi connectivity index (χ2n) is 7.77. The fourth-order valence-corrected chi connectivity index (χ4v) is 3.45. The van der Waals surface area contributed by atoms with Crippen molar-refractivity contribution in [2.75, 3.05) is 26.2 Å². The van der Waals surface area contributed by atoms with Gasteiger partial charge in [0.25, 0.3) is 0 Å². The Morgan fingerprint density at radius 3 is 2.53 bits per heavy atom. The average molecular weight is 414 g/mol. The number of guanidine groups is 1. The van der Waals surface area contributed by atoms with E-state index < -0.39 is 0 Å². The van der Waals surface area contributed by atoms with Crippen molar-refractivity contribution < 1.29 is 0 Å². The van der Waals surface area contributed by atoms with Gasteiger partial charge in [0.05, 0.1) is 12.2 Å². The molecule has 0 fully saturated rings. The van der Waals surface area contributed by atoms with Gasteiger partial charge in [-0.15, -0.1) is 0 Å². The van der Waals surface area contributed by atoms with E-state index in [1.807, 2.05) is 30.8 Å². The first-order chi connectivity index (χ1) is 14.5. The van der Waals surface area contributed by atoms with E-state index in [1.54, 1.807) is 0 Å². The lowest BCUT2D eigenvalue weighted by molar-refractivity contribution is 0.292. The molecule has 0 bridgehead atoms. The summed E-state index contributed by atoms with van der Waals surface area (Å²) in [7, 11) is 0. The van der Waals surface area contributed by atoms with Gasteiger partial charge in [0.15, 0.2) is 11.8 Å². The number of aliphatic imine (C=N–C) groups is 1. The van der Waals surface area contributed by atoms with Gasteiger partial charge in [-0.1, -0.05) is 19.9 Å². The van der Waals surface area contributed by atoms with E-state index in [9.17, 15) is 0 Å². The summed E-state index contributed by atoms with van der Waals surface area (Å²) in [6, 6.07) is 6.50. The molecule has 2 aromatic heterocycles. The summed E-state index contributed by atoms with van der Waals surface area (Å²) in [5, 5.41) is 11.4. The molecule has 0 aliphatic heterocycles. The van der Waals surface area contributed by atoms with Gasteiger partial charge in [-0.05, 0) is 77.9 Å². The van der Waals surface area contributed by atoms with Crippen LogP contribution in [-0.2, 0) is 6.54 Å². The molecule has 0 aliphatic carbocycles. The fourth-order valence-electron chi connectivity index (χ4n) is 3.45. The molecular weight excluding hydrogens is 374 g/mol. The molecule has 0 aromatic carbocycles. The number of aromatic nitrogens is 3. The lowest BCUT2D eigenvalue weighted by Gasteiger charge is -2.21. The molecule has 1 unspecified atom stereocenters. The van der Waals surface area contributed by atoms with E-state index in [0.717, 1.165) is 61.3 Å². The van der Waals surface area contributed by atoms with Gasteiger partial charge in [-0.3, -0.25) is 0 Å². The summed E-state index contributed by atoms with van der Waals surface area (Å²) in [4.78, 5) is 11.8. The number of rotatable bonds is 11. The zero-order chi connectivity index (χ0) is 21.9. The molecule has 0 aliphatic rings. The molecule has 2 heterocycles. The van der Waals surface area contributed by atoms with Gasteiger partial charge in [0.2, 0.25) is 0 Å². The second kappa shape index (κ2) is 12.3. The summed E-state index contributed by atoms with van der Waals surface area (Å²) in [5.74, 6) is 1.69. The van der Waals surface area contributed by atoms with Gasteiger partial charge in [0.1, 0.15) is 0 Å². The molecule has 166 valence electrons. The van der Waals surface area contributed by atoms with Gasteiger partial charge in [-0.2, -0.15) is 5.10 Å². The third-order valence-corrected chi connectivity index (χ3v) is 5.19. The Hall–Kier alpha value is -2.41. The van der Waals surface area contributed by atoms with Crippen LogP contribution < -0.4 is 10.6 Å². The maximum Gasteiger partial charge on any atom is 0.191 e. The topological polar surface area (TPSA) is 70.4 Å². The van der Waals surface area contributed by atoms with Crippen molar-refractivity contribution in [1.29, 1.82) is 0 Å². The Morgan fingerprint density at radius 2 is 1.97 bits per heavy atom. The average Bonchev–Trinajstić information content (AvgIpc) is 3.08. The molecule has 7 nitrogen and oxygen atoms in total. The Labute approximate surface area is 182 Å². The van der Waals surface area contributed by atoms with Crippen molar-refractivity contribution in [2.24, 2.45) is 4.99 Å². The van der Waals surface area contributed by atoms with Crippen molar-refractivity contribution in [3.63, 3.8) is 0 Å². The quantitative estimate of drug-likeness (QED) is 0.436. The van der Waals surface area contributed by atoms with Crippen LogP contribution in [0.1, 0.15) is 57.5 Å². The lowest BCUT2D eigenvalue weighted by Crippen LogP contribution is -2.42. The van der Waals surface area contributed by atoms with Crippen molar-refractivity contribution in [2.45, 2.75) is 67.0 Å². The van der Waals surface area contributed by atoms with Crippen LogP contribution in [-0.4, -0.2) is 57.8 Å². The van der Waals surface area contributed by atoms with E-state index >= 15 is 0 Å². The molecule has 1 atom stereocenters. The first-order valence-electron chi connectivity index (χ1n) is 11.2. The molecule has 0 radical (unpaired) electrons. The summed E-state index contributed by atoms with van der Waals surface area (Å²) in [5.41, 5.74) is 3.15. The van der Waals surface area contributed by atoms with Gasteiger partial charge >= 0.3 is 0 Å². The molecule has 7 heteroatoms. The minimum Gasteiger partial charge on any atom is -0.357 e. The Kier molecular flexibility index (Phi) is 9.80. The predicted molar refractivity (Wildman–Crippen MR) is 125 cm³/mol. The van der Waals surface area contributed by atoms with Crippen LogP contribution in [0.4, 0.5) is 0 Å². The first-order valence-corrected chi connectivity index (χ1v) is 11.2. The Balaban J connectivity index is 1.91. The number of nitrogens with zero attached hydrogens (tertiary/aromatic N) is 5. The zero-order valence-corrected chi connectivity index (χ0v) is 19.6. The minimum atomic E-state index is 0.380. The van der Waals surface area contributed by atoms with E-state index in [4.69, 9.17) is 4.99 Å². The number of pyridine rings is 1. The van der Waals surface area contributed by atoms with Crippen LogP contribution in [0.25, 0.3) is 5.82 Å². The van der Waals surface area contributed by atoms with E-state index in [1.165, 1.54) is 6.42 Å². The maximum atomic E-state index is 4.74. The minimum absolute atomic E-state index is 0.380. The number of nitrogens with one attached hydrogen (secondary N) is 2. The smallest absolute Gasteiger partial charge is 0.191 e. The number of aryl methyl sites for hydroxylation is 2. The fraction of sp³-hybridized carbons (Fsp3) is 0.609. The van der Waals surface area contributed by atoms with Crippen molar-refractivity contribution in [3.8, 4) is 5.82 Å². The third-order valence-electron chi connectivity index (χ3n) is 5.19. The van der Waals surface area contributed by atoms with Crippen molar-refractivity contribution >= 4 is 5.96 Å². The monoisotopic (exact) mass is 413 g/mol. The molecular formula is C23H39N7. The van der Waals surface area contributed by atoms with Crippen LogP contribution >= 0.6 is 0 Å². The predicted octanol–water partition coefficient (Wildman–Crippen LogP) is 3.45. The SMILES string of the molecule is CCNC(=NCc1ccc(-n2nc(C)cc2C)nc1)NC(C)CCCN(CC)CC. The van der Waals surface area contributed by atoms with E-state index in [2.05, 4.69) is 65.4 Å². The normalized spacial score (nSPS) is 13.0. The molecule has 30 heavy (non-hydrogen) atoms. The van der Waals surface area contributed by atoms with Crippen molar-refractivity contribution in [1.82, 2.24) is 30.3 Å². The lowest BCUT2D eigenvalue weighted by atomic mass is 10.2. The molecule has 0 saturated heterocycles. The standard InChI is InChI=1S/C23H39N7/c1-7-24-23(27-18(4)11-10-14-29(8-2)9-3)26-17-21-12-13-22(25-16-21)30-20(6)15-19(5)28-30/h12-13,15-16,18H,7-11,14,17H2,1-6H3,(H2,24,26,27). The summed E-state index contributed by atoms with van der Waals surface area (Å²) >= 11 is 0.